The summed E-state index contributed by atoms with van der Waals surface area (Å²) in [7, 11) is 0. The first kappa shape index (κ1) is 25.1. The van der Waals surface area contributed by atoms with E-state index < -0.39 is 5.60 Å². The van der Waals surface area contributed by atoms with Crippen molar-refractivity contribution in [3.8, 4) is 5.75 Å². The maximum Gasteiger partial charge on any atom is 0.326 e. The highest BCUT2D eigenvalue weighted by Crippen LogP contribution is 2.46. The zero-order valence-corrected chi connectivity index (χ0v) is 22.8. The van der Waals surface area contributed by atoms with Gasteiger partial charge in [-0.05, 0) is 38.7 Å². The van der Waals surface area contributed by atoms with Gasteiger partial charge in [0.15, 0.2) is 17.4 Å². The van der Waals surface area contributed by atoms with Crippen molar-refractivity contribution in [1.82, 2.24) is 19.9 Å². The van der Waals surface area contributed by atoms with E-state index in [4.69, 9.17) is 20.9 Å². The van der Waals surface area contributed by atoms with Gasteiger partial charge in [0.25, 0.3) is 0 Å². The van der Waals surface area contributed by atoms with Gasteiger partial charge in [-0.1, -0.05) is 11.8 Å². The van der Waals surface area contributed by atoms with Crippen LogP contribution in [0, 0.1) is 5.41 Å². The van der Waals surface area contributed by atoms with Crippen LogP contribution in [0.1, 0.15) is 32.6 Å². The number of ether oxygens (including phenoxy) is 2. The fraction of sp³-hybridized carbons (Fsp3) is 0.615. The maximum absolute atomic E-state index is 13.2. The smallest absolute Gasteiger partial charge is 0.326 e. The van der Waals surface area contributed by atoms with Gasteiger partial charge in [-0.3, -0.25) is 4.90 Å². The Morgan fingerprint density at radius 2 is 2.03 bits per heavy atom. The Hall–Kier alpha value is -2.87. The number of nitrogen functional groups attached to an aromatic ring is 1. The highest BCUT2D eigenvalue weighted by atomic mass is 32.2. The summed E-state index contributed by atoms with van der Waals surface area (Å²) in [5.74, 6) is 2.12. The molecule has 0 radical (unpaired) electrons. The number of rotatable bonds is 5. The summed E-state index contributed by atoms with van der Waals surface area (Å²) in [6.45, 7) is 5.64. The van der Waals surface area contributed by atoms with E-state index in [2.05, 4.69) is 26.8 Å². The molecule has 13 heteroatoms. The third kappa shape index (κ3) is 4.26. The molecular weight excluding hydrogens is 520 g/mol. The summed E-state index contributed by atoms with van der Waals surface area (Å²) in [5.41, 5.74) is 12.1. The molecule has 208 valence electrons. The number of nitrogens with two attached hydrogens (primary N) is 2. The van der Waals surface area contributed by atoms with E-state index in [1.807, 2.05) is 6.07 Å². The van der Waals surface area contributed by atoms with E-state index in [0.717, 1.165) is 56.1 Å². The summed E-state index contributed by atoms with van der Waals surface area (Å²) in [6.07, 6.45) is 6.88. The van der Waals surface area contributed by atoms with Gasteiger partial charge in [0.05, 0.1) is 42.0 Å². The van der Waals surface area contributed by atoms with Crippen LogP contribution in [-0.4, -0.2) is 94.2 Å². The van der Waals surface area contributed by atoms with E-state index in [0.29, 0.717) is 42.1 Å². The monoisotopic (exact) mass is 554 g/mol. The largest absolute Gasteiger partial charge is 0.486 e. The zero-order valence-electron chi connectivity index (χ0n) is 22.0. The number of aliphatic hydroxyl groups is 1. The van der Waals surface area contributed by atoms with Crippen molar-refractivity contribution in [1.29, 1.82) is 0 Å². The predicted octanol–water partition coefficient (Wildman–Crippen LogP) is 1.47. The minimum atomic E-state index is -0.743. The highest BCUT2D eigenvalue weighted by molar-refractivity contribution is 7.99. The predicted molar refractivity (Wildman–Crippen MR) is 145 cm³/mol. The van der Waals surface area contributed by atoms with Gasteiger partial charge < -0.3 is 35.8 Å². The van der Waals surface area contributed by atoms with E-state index >= 15 is 0 Å². The molecule has 3 atom stereocenters. The molecule has 7 rings (SSSR count). The van der Waals surface area contributed by atoms with E-state index in [9.17, 15) is 9.90 Å². The molecule has 1 unspecified atom stereocenters. The number of hydrogen-bond acceptors (Lipinski definition) is 11. The van der Waals surface area contributed by atoms with Crippen molar-refractivity contribution in [3.63, 3.8) is 0 Å². The van der Waals surface area contributed by atoms with Gasteiger partial charge in [0.1, 0.15) is 17.5 Å². The Morgan fingerprint density at radius 1 is 1.23 bits per heavy atom. The molecule has 39 heavy (non-hydrogen) atoms. The molecule has 0 bridgehead atoms. The van der Waals surface area contributed by atoms with Crippen LogP contribution in [0.2, 0.25) is 0 Å². The normalized spacial score (nSPS) is 28.4. The van der Waals surface area contributed by atoms with Gasteiger partial charge in [-0.15, -0.1) is 0 Å². The summed E-state index contributed by atoms with van der Waals surface area (Å²) < 4.78 is 12.0. The third-order valence-corrected chi connectivity index (χ3v) is 10.0. The summed E-state index contributed by atoms with van der Waals surface area (Å²) in [6, 6.07) is 1.61. The first-order valence-electron chi connectivity index (χ1n) is 13.6. The molecule has 12 nitrogen and oxygen atoms in total. The lowest BCUT2D eigenvalue weighted by molar-refractivity contribution is 0.0974. The van der Waals surface area contributed by atoms with Crippen molar-refractivity contribution >= 4 is 35.2 Å². The van der Waals surface area contributed by atoms with Crippen LogP contribution in [0.4, 0.5) is 22.2 Å². The van der Waals surface area contributed by atoms with Crippen LogP contribution < -0.4 is 26.0 Å². The summed E-state index contributed by atoms with van der Waals surface area (Å²) in [5, 5.41) is 10.9. The standard InChI is InChI=1S/C26H34N8O4S/c1-15-20(27)25(14-38-15)5-8-32(9-6-25)18-10-30-23(21(28)31-18)39-17-2-7-29-22-19(17)37-12-16-11-33(24(35)34(16)22)13-26(36)3-4-26/h2,7,10,15-16,20,36H,3-6,8-9,11-14,27H2,1H3,(H2,28,31)/t15-,16?,20+/m0/s1. The van der Waals surface area contributed by atoms with Crippen LogP contribution in [0.15, 0.2) is 28.4 Å². The second-order valence-electron chi connectivity index (χ2n) is 11.6. The van der Waals surface area contributed by atoms with E-state index in [-0.39, 0.29) is 29.6 Å². The molecule has 4 fully saturated rings. The molecule has 2 amide bonds. The SMILES string of the molecule is C[C@@H]1OCC2(CCN(c3cnc(Sc4ccnc5c4OCC4CN(CC6(O)CC6)C(=O)N54)c(N)n3)CC2)[C@@H]1N. The lowest BCUT2D eigenvalue weighted by Crippen LogP contribution is -2.50. The number of pyridine rings is 1. The average Bonchev–Trinajstić information content (AvgIpc) is 3.50. The topological polar surface area (TPSA) is 156 Å². The van der Waals surface area contributed by atoms with Gasteiger partial charge in [0.2, 0.25) is 0 Å². The number of nitrogens with zero attached hydrogens (tertiary/aromatic N) is 6. The average molecular weight is 555 g/mol. The van der Waals surface area contributed by atoms with Crippen molar-refractivity contribution < 1.29 is 19.4 Å². The van der Waals surface area contributed by atoms with E-state index in [1.165, 1.54) is 11.8 Å². The highest BCUT2D eigenvalue weighted by Gasteiger charge is 2.50. The van der Waals surface area contributed by atoms with Crippen LogP contribution in [0.3, 0.4) is 0 Å². The molecule has 1 saturated carbocycles. The van der Waals surface area contributed by atoms with Crippen LogP contribution >= 0.6 is 11.8 Å². The number of hydrogen-bond donors (Lipinski definition) is 3. The minimum Gasteiger partial charge on any atom is -0.486 e. The van der Waals surface area contributed by atoms with Crippen molar-refractivity contribution in [2.45, 2.75) is 66.3 Å². The number of amides is 2. The molecule has 3 saturated heterocycles. The Kier molecular flexibility index (Phi) is 5.85. The molecule has 1 aliphatic carbocycles. The number of urea groups is 1. The molecule has 0 aromatic carbocycles. The van der Waals surface area contributed by atoms with Crippen LogP contribution in [-0.2, 0) is 4.74 Å². The van der Waals surface area contributed by atoms with Gasteiger partial charge in [0, 0.05) is 37.3 Å². The number of fused-ring (bicyclic) bond motifs is 3. The fourth-order valence-corrected chi connectivity index (χ4v) is 7.10. The second kappa shape index (κ2) is 9.08. The van der Waals surface area contributed by atoms with Crippen LogP contribution in [0.25, 0.3) is 0 Å². The molecule has 5 N–H and O–H groups in total. The fourth-order valence-electron chi connectivity index (χ4n) is 6.26. The molecule has 2 aromatic heterocycles. The summed E-state index contributed by atoms with van der Waals surface area (Å²) in [4.78, 5) is 33.4. The Balaban J connectivity index is 1.06. The summed E-state index contributed by atoms with van der Waals surface area (Å²) >= 11 is 1.35. The molecule has 2 aromatic rings. The Labute approximate surface area is 231 Å². The number of carbonyl (C=O) groups is 1. The van der Waals surface area contributed by atoms with Crippen molar-refractivity contribution in [2.75, 3.05) is 54.9 Å². The molecular formula is C26H34N8O4S. The molecule has 6 heterocycles. The van der Waals surface area contributed by atoms with Gasteiger partial charge >= 0.3 is 6.03 Å². The molecule has 1 spiro atoms. The lowest BCUT2D eigenvalue weighted by Gasteiger charge is -2.41. The first-order valence-corrected chi connectivity index (χ1v) is 14.4. The Bertz CT molecular complexity index is 1300. The van der Waals surface area contributed by atoms with Gasteiger partial charge in [-0.2, -0.15) is 0 Å². The number of carbonyl (C=O) groups excluding carboxylic acids is 1. The van der Waals surface area contributed by atoms with Crippen molar-refractivity contribution in [3.05, 3.63) is 18.5 Å². The van der Waals surface area contributed by atoms with Gasteiger partial charge in [-0.25, -0.2) is 19.7 Å². The van der Waals surface area contributed by atoms with Crippen LogP contribution in [0.5, 0.6) is 5.75 Å². The molecule has 5 aliphatic rings. The van der Waals surface area contributed by atoms with Crippen molar-refractivity contribution in [2.24, 2.45) is 11.1 Å². The van der Waals surface area contributed by atoms with E-state index in [1.54, 1.807) is 22.2 Å². The number of aromatic nitrogens is 3. The molecule has 4 aliphatic heterocycles. The quantitative estimate of drug-likeness (QED) is 0.492. The lowest BCUT2D eigenvalue weighted by atomic mass is 9.73. The number of piperidine rings is 1. The Morgan fingerprint density at radius 3 is 2.72 bits per heavy atom. The number of anilines is 3. The number of β-amino-alcohol motifs (C(OH)–C–C–N with tert-alkyl or cyclic N) is 1. The third-order valence-electron chi connectivity index (χ3n) is 8.97. The maximum atomic E-state index is 13.2. The second-order valence-corrected chi connectivity index (χ2v) is 12.6. The first-order chi connectivity index (χ1) is 18.8. The minimum absolute atomic E-state index is 0.0370. The zero-order chi connectivity index (χ0) is 26.9.